The number of aliphatic carboxylic acids is 2. The molecule has 0 unspecified atom stereocenters. The summed E-state index contributed by atoms with van der Waals surface area (Å²) in [6.45, 7) is 7.31. The van der Waals surface area contributed by atoms with E-state index in [0.29, 0.717) is 28.5 Å². The van der Waals surface area contributed by atoms with Crippen molar-refractivity contribution in [2.24, 2.45) is 17.6 Å². The number of hydrogen-bond acceptors (Lipinski definition) is 11. The number of nitrogens with two attached hydrogens (primary N) is 1. The predicted octanol–water partition coefficient (Wildman–Crippen LogP) is 3.23. The number of hydrogen-bond donors (Lipinski definition) is 11. The summed E-state index contributed by atoms with van der Waals surface area (Å²) in [5.74, 6) is -11.7. The summed E-state index contributed by atoms with van der Waals surface area (Å²) < 4.78 is 0. The molecule has 0 radical (unpaired) electrons. The molecule has 6 aromatic carbocycles. The van der Waals surface area contributed by atoms with Crippen LogP contribution in [0.3, 0.4) is 0 Å². The first kappa shape index (κ1) is 64.4. The molecule has 0 saturated heterocycles. The van der Waals surface area contributed by atoms with Crippen LogP contribution in [-0.4, -0.2) is 124 Å². The summed E-state index contributed by atoms with van der Waals surface area (Å²) in [4.78, 5) is 148. The van der Waals surface area contributed by atoms with Gasteiger partial charge in [0.25, 0.3) is 0 Å². The molecule has 6 aromatic rings. The van der Waals surface area contributed by atoms with Gasteiger partial charge in [-0.3, -0.25) is 52.7 Å². The highest BCUT2D eigenvalue weighted by Gasteiger charge is 2.36. The molecule has 0 heterocycles. The third kappa shape index (κ3) is 18.4. The zero-order valence-electron chi connectivity index (χ0n) is 47.9. The van der Waals surface area contributed by atoms with E-state index in [1.807, 2.05) is 73.7 Å². The average molecular weight is 1160 g/mol. The molecule has 9 amide bonds. The molecular formula is C63H73N9O13. The Hall–Kier alpha value is -9.73. The number of carbonyl (C=O) groups is 11. The Balaban J connectivity index is 1.22. The van der Waals surface area contributed by atoms with Gasteiger partial charge in [0.05, 0.1) is 13.0 Å². The first-order valence-corrected chi connectivity index (χ1v) is 28.0. The fraction of sp³-hybridized carbons (Fsp3) is 0.349. The minimum Gasteiger partial charge on any atom is -0.481 e. The summed E-state index contributed by atoms with van der Waals surface area (Å²) >= 11 is 0. The molecule has 0 aromatic heterocycles. The van der Waals surface area contributed by atoms with E-state index in [1.165, 1.54) is 6.92 Å². The van der Waals surface area contributed by atoms with Gasteiger partial charge < -0.3 is 58.5 Å². The van der Waals surface area contributed by atoms with E-state index in [4.69, 9.17) is 5.73 Å². The minimum absolute atomic E-state index is 0.0141. The van der Waals surface area contributed by atoms with Crippen molar-refractivity contribution in [3.8, 4) is 0 Å². The number of carboxylic acid groups (broad SMARTS) is 2. The van der Waals surface area contributed by atoms with Crippen molar-refractivity contribution in [1.82, 2.24) is 42.5 Å². The van der Waals surface area contributed by atoms with Gasteiger partial charge in [0.15, 0.2) is 0 Å². The van der Waals surface area contributed by atoms with Crippen LogP contribution < -0.4 is 48.3 Å². The van der Waals surface area contributed by atoms with E-state index >= 15 is 0 Å². The number of nitrogens with one attached hydrogen (secondary N) is 8. The Kier molecular flexibility index (Phi) is 23.1. The van der Waals surface area contributed by atoms with Gasteiger partial charge in [0, 0.05) is 32.6 Å². The standard InChI is InChI=1S/C63H73N9O13/c1-6-36(4)56(57(64)79)72-61(83)49(31-42-23-14-20-39-17-8-11-26-45(39)42)67-52(74)34-65-63(85)55(35(2)3)71-62(84)50(32-43-24-15-21-40-18-9-12-27-46(40)43)69-60(82)51(33-54(77)78)70-58(80)47(28-29-53(75)76)68-59(81)48(66-37(5)73)30-41-22-13-19-38-16-7-10-25-44(38)41/h7-27,35-36,47-51,55-56H,6,28-34H2,1-5H3,(H2,64,79)(H,65,85)(H,66,73)(H,67,74)(H,68,81)(H,69,82)(H,70,80)(H,71,84)(H,72,83)(H,75,76)(H,77,78)/t36-,47-,48-,49-,50-,51-,55-,56-/m0/s1. The fourth-order valence-corrected chi connectivity index (χ4v) is 9.98. The molecule has 0 aliphatic heterocycles. The molecule has 0 aliphatic rings. The Morgan fingerprint density at radius 3 is 1.27 bits per heavy atom. The largest absolute Gasteiger partial charge is 0.481 e. The Morgan fingerprint density at radius 2 is 0.835 bits per heavy atom. The second kappa shape index (κ2) is 30.5. The summed E-state index contributed by atoms with van der Waals surface area (Å²) in [5, 5.41) is 45.0. The van der Waals surface area contributed by atoms with E-state index in [2.05, 4.69) is 42.5 Å². The molecule has 6 rings (SSSR count). The summed E-state index contributed by atoms with van der Waals surface area (Å²) in [6, 6.07) is 27.9. The third-order valence-electron chi connectivity index (χ3n) is 14.7. The molecule has 8 atom stereocenters. The van der Waals surface area contributed by atoms with Crippen LogP contribution in [0.15, 0.2) is 127 Å². The van der Waals surface area contributed by atoms with E-state index in [9.17, 15) is 63.0 Å². The number of carbonyl (C=O) groups excluding carboxylic acids is 9. The first-order chi connectivity index (χ1) is 40.5. The molecule has 0 aliphatic carbocycles. The van der Waals surface area contributed by atoms with E-state index in [-0.39, 0.29) is 25.2 Å². The van der Waals surface area contributed by atoms with Gasteiger partial charge in [-0.25, -0.2) is 0 Å². The van der Waals surface area contributed by atoms with Gasteiger partial charge in [-0.05, 0) is 67.3 Å². The Labute approximate surface area is 491 Å². The number of carboxylic acids is 2. The van der Waals surface area contributed by atoms with Crippen LogP contribution in [0.25, 0.3) is 32.3 Å². The highest BCUT2D eigenvalue weighted by molar-refractivity contribution is 6.00. The quantitative estimate of drug-likeness (QED) is 0.0309. The maximum absolute atomic E-state index is 14.7. The van der Waals surface area contributed by atoms with Gasteiger partial charge in [0.2, 0.25) is 53.2 Å². The SMILES string of the molecule is CC[C@H](C)[C@H](NC(=O)[C@H](Cc1cccc2ccccc12)NC(=O)CNC(=O)[C@@H](NC(=O)[C@H](Cc1cccc2ccccc12)NC(=O)[C@H](CC(=O)O)NC(=O)[C@H](CCC(=O)O)NC(=O)[C@H](Cc1cccc2ccccc12)NC(C)=O)C(C)C)C(N)=O. The highest BCUT2D eigenvalue weighted by atomic mass is 16.4. The number of rotatable bonds is 30. The molecule has 0 fully saturated rings. The second-order valence-corrected chi connectivity index (χ2v) is 21.3. The van der Waals surface area contributed by atoms with Crippen molar-refractivity contribution >= 4 is 97.4 Å². The lowest BCUT2D eigenvalue weighted by Gasteiger charge is -2.28. The summed E-state index contributed by atoms with van der Waals surface area (Å²) in [6.07, 6.45) is -2.04. The third-order valence-corrected chi connectivity index (χ3v) is 14.7. The lowest BCUT2D eigenvalue weighted by molar-refractivity contribution is -0.141. The molecule has 22 nitrogen and oxygen atoms in total. The molecule has 0 spiro atoms. The Bertz CT molecular complexity index is 3450. The molecule has 0 saturated carbocycles. The van der Waals surface area contributed by atoms with Gasteiger partial charge >= 0.3 is 11.9 Å². The number of amides is 9. The smallest absolute Gasteiger partial charge is 0.305 e. The number of benzene rings is 6. The summed E-state index contributed by atoms with van der Waals surface area (Å²) in [5.41, 5.74) is 7.60. The lowest BCUT2D eigenvalue weighted by Crippen LogP contribution is -2.60. The number of primary amides is 1. The van der Waals surface area contributed by atoms with Crippen LogP contribution >= 0.6 is 0 Å². The molecular weight excluding hydrogens is 1090 g/mol. The fourth-order valence-electron chi connectivity index (χ4n) is 9.98. The van der Waals surface area contributed by atoms with Crippen molar-refractivity contribution in [3.05, 3.63) is 144 Å². The zero-order valence-corrected chi connectivity index (χ0v) is 47.9. The van der Waals surface area contributed by atoms with Crippen molar-refractivity contribution in [2.75, 3.05) is 6.54 Å². The molecule has 448 valence electrons. The molecule has 0 bridgehead atoms. The van der Waals surface area contributed by atoms with Crippen LogP contribution in [0.2, 0.25) is 0 Å². The summed E-state index contributed by atoms with van der Waals surface area (Å²) in [7, 11) is 0. The lowest BCUT2D eigenvalue weighted by atomic mass is 9.96. The van der Waals surface area contributed by atoms with Crippen LogP contribution in [-0.2, 0) is 72.0 Å². The highest BCUT2D eigenvalue weighted by Crippen LogP contribution is 2.23. The van der Waals surface area contributed by atoms with Crippen molar-refractivity contribution < 1.29 is 63.0 Å². The maximum atomic E-state index is 14.7. The zero-order chi connectivity index (χ0) is 61.9. The molecule has 85 heavy (non-hydrogen) atoms. The van der Waals surface area contributed by atoms with E-state index in [1.54, 1.807) is 81.4 Å². The van der Waals surface area contributed by atoms with Gasteiger partial charge in [0.1, 0.15) is 42.3 Å². The van der Waals surface area contributed by atoms with Gasteiger partial charge in [-0.1, -0.05) is 162 Å². The van der Waals surface area contributed by atoms with Crippen LogP contribution in [0.1, 0.15) is 77.0 Å². The second-order valence-electron chi connectivity index (χ2n) is 21.3. The maximum Gasteiger partial charge on any atom is 0.305 e. The van der Waals surface area contributed by atoms with Crippen molar-refractivity contribution in [2.45, 2.75) is 122 Å². The minimum atomic E-state index is -1.94. The van der Waals surface area contributed by atoms with Crippen LogP contribution in [0, 0.1) is 11.8 Å². The van der Waals surface area contributed by atoms with Gasteiger partial charge in [-0.2, -0.15) is 0 Å². The van der Waals surface area contributed by atoms with Crippen LogP contribution in [0.5, 0.6) is 0 Å². The first-order valence-electron chi connectivity index (χ1n) is 28.0. The van der Waals surface area contributed by atoms with Crippen LogP contribution in [0.4, 0.5) is 0 Å². The van der Waals surface area contributed by atoms with Crippen molar-refractivity contribution in [1.29, 1.82) is 0 Å². The van der Waals surface area contributed by atoms with E-state index in [0.717, 1.165) is 26.9 Å². The van der Waals surface area contributed by atoms with Crippen molar-refractivity contribution in [3.63, 3.8) is 0 Å². The average Bonchev–Trinajstić information content (AvgIpc) is 3.65. The normalized spacial score (nSPS) is 14.0. The van der Waals surface area contributed by atoms with Gasteiger partial charge in [-0.15, -0.1) is 0 Å². The number of fused-ring (bicyclic) bond motifs is 3. The monoisotopic (exact) mass is 1160 g/mol. The topological polar surface area (TPSA) is 350 Å². The van der Waals surface area contributed by atoms with E-state index < -0.39 is 139 Å². The Morgan fingerprint density at radius 1 is 0.447 bits per heavy atom. The molecule has 22 heteroatoms. The predicted molar refractivity (Wildman–Crippen MR) is 318 cm³/mol. The molecule has 12 N–H and O–H groups in total.